The minimum Gasteiger partial charge on any atom is -0.378 e. The van der Waals surface area contributed by atoms with E-state index in [1.807, 2.05) is 17.7 Å². The fourth-order valence-corrected chi connectivity index (χ4v) is 2.80. The van der Waals surface area contributed by atoms with Crippen molar-refractivity contribution in [1.82, 2.24) is 25.1 Å². The summed E-state index contributed by atoms with van der Waals surface area (Å²) in [5.41, 5.74) is 2.13. The van der Waals surface area contributed by atoms with E-state index in [-0.39, 0.29) is 5.91 Å². The van der Waals surface area contributed by atoms with Gasteiger partial charge in [-0.1, -0.05) is 6.92 Å². The third-order valence-corrected chi connectivity index (χ3v) is 4.12. The monoisotopic (exact) mass is 344 g/mol. The normalized spacial score (nSPS) is 14.6. The molecular weight excluding hydrogens is 320 g/mol. The molecular formula is C17H24N6O2. The molecule has 8 heteroatoms. The lowest BCUT2D eigenvalue weighted by atomic mass is 10.2. The standard InChI is InChI=1S/C17H24N6O2/c1-3-4-23-11-15(13(2)21-23)17(24)18-10-14-9-16(20-12-19-14)22-5-7-25-8-6-22/h9,11-12H,3-8,10H2,1-2H3,(H,18,24). The number of carbonyl (C=O) groups is 1. The van der Waals surface area contributed by atoms with Gasteiger partial charge in [-0.2, -0.15) is 5.10 Å². The molecule has 1 aliphatic rings. The molecule has 0 atom stereocenters. The lowest BCUT2D eigenvalue weighted by Crippen LogP contribution is -2.37. The van der Waals surface area contributed by atoms with Gasteiger partial charge in [-0.05, 0) is 13.3 Å². The average molecular weight is 344 g/mol. The third kappa shape index (κ3) is 4.33. The molecule has 0 unspecified atom stereocenters. The SMILES string of the molecule is CCCn1cc(C(=O)NCc2cc(N3CCOCC3)ncn2)c(C)n1. The Labute approximate surface area is 147 Å². The van der Waals surface area contributed by atoms with Crippen molar-refractivity contribution in [3.8, 4) is 0 Å². The molecule has 0 radical (unpaired) electrons. The maximum Gasteiger partial charge on any atom is 0.255 e. The fourth-order valence-electron chi connectivity index (χ4n) is 2.80. The molecule has 3 rings (SSSR count). The van der Waals surface area contributed by atoms with Gasteiger partial charge in [-0.15, -0.1) is 0 Å². The van der Waals surface area contributed by atoms with Crippen LogP contribution in [0.4, 0.5) is 5.82 Å². The van der Waals surface area contributed by atoms with Crippen molar-refractivity contribution in [2.24, 2.45) is 0 Å². The zero-order valence-electron chi connectivity index (χ0n) is 14.7. The zero-order chi connectivity index (χ0) is 17.6. The lowest BCUT2D eigenvalue weighted by molar-refractivity contribution is 0.0949. The van der Waals surface area contributed by atoms with Crippen LogP contribution < -0.4 is 10.2 Å². The van der Waals surface area contributed by atoms with Crippen LogP contribution in [-0.2, 0) is 17.8 Å². The molecule has 1 saturated heterocycles. The van der Waals surface area contributed by atoms with E-state index in [2.05, 4.69) is 32.2 Å². The number of aromatic nitrogens is 4. The van der Waals surface area contributed by atoms with Gasteiger partial charge >= 0.3 is 0 Å². The van der Waals surface area contributed by atoms with Crippen molar-refractivity contribution in [3.63, 3.8) is 0 Å². The quantitative estimate of drug-likeness (QED) is 0.846. The van der Waals surface area contributed by atoms with Crippen LogP contribution in [0, 0.1) is 6.92 Å². The van der Waals surface area contributed by atoms with E-state index >= 15 is 0 Å². The molecule has 1 amide bonds. The largest absolute Gasteiger partial charge is 0.378 e. The van der Waals surface area contributed by atoms with Crippen molar-refractivity contribution in [2.45, 2.75) is 33.4 Å². The van der Waals surface area contributed by atoms with E-state index in [0.29, 0.717) is 25.3 Å². The zero-order valence-corrected chi connectivity index (χ0v) is 14.7. The van der Waals surface area contributed by atoms with Gasteiger partial charge in [0.25, 0.3) is 5.91 Å². The van der Waals surface area contributed by atoms with Crippen LogP contribution in [0.15, 0.2) is 18.6 Å². The van der Waals surface area contributed by atoms with Crippen molar-refractivity contribution in [2.75, 3.05) is 31.2 Å². The molecule has 25 heavy (non-hydrogen) atoms. The van der Waals surface area contributed by atoms with E-state index in [1.165, 1.54) is 6.33 Å². The van der Waals surface area contributed by atoms with Crippen molar-refractivity contribution < 1.29 is 9.53 Å². The van der Waals surface area contributed by atoms with Gasteiger partial charge in [-0.25, -0.2) is 9.97 Å². The number of hydrogen-bond acceptors (Lipinski definition) is 6. The van der Waals surface area contributed by atoms with E-state index in [4.69, 9.17) is 4.74 Å². The summed E-state index contributed by atoms with van der Waals surface area (Å²) in [6.07, 6.45) is 4.32. The first-order chi connectivity index (χ1) is 12.2. The van der Waals surface area contributed by atoms with Crippen molar-refractivity contribution in [1.29, 1.82) is 0 Å². The van der Waals surface area contributed by atoms with E-state index in [9.17, 15) is 4.79 Å². The predicted molar refractivity (Wildman–Crippen MR) is 93.5 cm³/mol. The van der Waals surface area contributed by atoms with Crippen LogP contribution >= 0.6 is 0 Å². The number of ether oxygens (including phenoxy) is 1. The second-order valence-corrected chi connectivity index (χ2v) is 6.04. The number of hydrogen-bond donors (Lipinski definition) is 1. The van der Waals surface area contributed by atoms with E-state index < -0.39 is 0 Å². The van der Waals surface area contributed by atoms with Crippen LogP contribution in [0.5, 0.6) is 0 Å². The van der Waals surface area contributed by atoms with Crippen LogP contribution in [-0.4, -0.2) is 52.0 Å². The molecule has 134 valence electrons. The summed E-state index contributed by atoms with van der Waals surface area (Å²) >= 11 is 0. The lowest BCUT2D eigenvalue weighted by Gasteiger charge is -2.27. The molecule has 0 bridgehead atoms. The van der Waals surface area contributed by atoms with Crippen molar-refractivity contribution >= 4 is 11.7 Å². The summed E-state index contributed by atoms with van der Waals surface area (Å²) in [7, 11) is 0. The second kappa shape index (κ2) is 8.06. The van der Waals surface area contributed by atoms with Crippen LogP contribution in [0.3, 0.4) is 0 Å². The first-order valence-corrected chi connectivity index (χ1v) is 8.63. The summed E-state index contributed by atoms with van der Waals surface area (Å²) in [5, 5.41) is 7.28. The molecule has 1 N–H and O–H groups in total. The Hall–Kier alpha value is -2.48. The summed E-state index contributed by atoms with van der Waals surface area (Å²) in [6.45, 7) is 8.14. The molecule has 0 aromatic carbocycles. The smallest absolute Gasteiger partial charge is 0.255 e. The van der Waals surface area contributed by atoms with Gasteiger partial charge in [0.2, 0.25) is 0 Å². The molecule has 2 aromatic rings. The van der Waals surface area contributed by atoms with Gasteiger partial charge in [0, 0.05) is 31.9 Å². The van der Waals surface area contributed by atoms with E-state index in [1.54, 1.807) is 6.20 Å². The van der Waals surface area contributed by atoms with Crippen LogP contribution in [0.2, 0.25) is 0 Å². The van der Waals surface area contributed by atoms with Crippen LogP contribution in [0.1, 0.15) is 35.1 Å². The highest BCUT2D eigenvalue weighted by Crippen LogP contribution is 2.13. The highest BCUT2D eigenvalue weighted by atomic mass is 16.5. The molecule has 8 nitrogen and oxygen atoms in total. The molecule has 0 aliphatic carbocycles. The number of amides is 1. The Morgan fingerprint density at radius 2 is 2.12 bits per heavy atom. The number of aryl methyl sites for hydroxylation is 2. The van der Waals surface area contributed by atoms with Gasteiger partial charge < -0.3 is 15.0 Å². The first kappa shape index (κ1) is 17.3. The number of morpholine rings is 1. The number of anilines is 1. The third-order valence-electron chi connectivity index (χ3n) is 4.12. The molecule has 0 spiro atoms. The number of rotatable bonds is 6. The molecule has 0 saturated carbocycles. The summed E-state index contributed by atoms with van der Waals surface area (Å²) in [4.78, 5) is 23.1. The first-order valence-electron chi connectivity index (χ1n) is 8.63. The maximum absolute atomic E-state index is 12.4. The fraction of sp³-hybridized carbons (Fsp3) is 0.529. The topological polar surface area (TPSA) is 85.2 Å². The van der Waals surface area contributed by atoms with Gasteiger partial charge in [0.1, 0.15) is 12.1 Å². The molecule has 1 aliphatic heterocycles. The minimum atomic E-state index is -0.133. The average Bonchev–Trinajstić information content (AvgIpc) is 3.01. The van der Waals surface area contributed by atoms with E-state index in [0.717, 1.165) is 43.3 Å². The molecule has 1 fully saturated rings. The van der Waals surface area contributed by atoms with Gasteiger partial charge in [0.05, 0.1) is 36.7 Å². The predicted octanol–water partition coefficient (Wildman–Crippen LogP) is 1.16. The van der Waals surface area contributed by atoms with Crippen molar-refractivity contribution in [3.05, 3.63) is 35.5 Å². The Balaban J connectivity index is 1.62. The number of nitrogens with one attached hydrogen (secondary N) is 1. The molecule has 2 aromatic heterocycles. The maximum atomic E-state index is 12.4. The molecule has 3 heterocycles. The second-order valence-electron chi connectivity index (χ2n) is 6.04. The summed E-state index contributed by atoms with van der Waals surface area (Å²) in [5.74, 6) is 0.737. The highest BCUT2D eigenvalue weighted by Gasteiger charge is 2.15. The van der Waals surface area contributed by atoms with Gasteiger partial charge in [0.15, 0.2) is 0 Å². The number of carbonyl (C=O) groups excluding carboxylic acids is 1. The highest BCUT2D eigenvalue weighted by molar-refractivity contribution is 5.94. The minimum absolute atomic E-state index is 0.133. The Bertz CT molecular complexity index is 724. The Kier molecular flexibility index (Phi) is 5.60. The summed E-state index contributed by atoms with van der Waals surface area (Å²) < 4.78 is 7.17. The Morgan fingerprint density at radius 3 is 2.88 bits per heavy atom. The summed E-state index contributed by atoms with van der Waals surface area (Å²) in [6, 6.07) is 1.92. The van der Waals surface area contributed by atoms with Gasteiger partial charge in [-0.3, -0.25) is 9.48 Å². The number of nitrogens with zero attached hydrogens (tertiary/aromatic N) is 5. The van der Waals surface area contributed by atoms with Crippen LogP contribution in [0.25, 0.3) is 0 Å². The Morgan fingerprint density at radius 1 is 1.32 bits per heavy atom.